The van der Waals surface area contributed by atoms with E-state index in [-0.39, 0.29) is 63.0 Å². The summed E-state index contributed by atoms with van der Waals surface area (Å²) in [6.07, 6.45) is 1.69. The van der Waals surface area contributed by atoms with Crippen molar-refractivity contribution in [2.75, 3.05) is 0 Å². The predicted octanol–water partition coefficient (Wildman–Crippen LogP) is 16.5. The second-order valence-electron chi connectivity index (χ2n) is 18.2. The minimum absolute atomic E-state index is 0.113. The van der Waals surface area contributed by atoms with Crippen molar-refractivity contribution < 1.29 is 43.3 Å². The topological polar surface area (TPSA) is 41.8 Å². The number of hydrogen-bond acceptors (Lipinski definition) is 2. The number of ether oxygens (including phenoxy) is 1. The van der Waals surface area contributed by atoms with E-state index < -0.39 is 60.4 Å². The first-order valence-electron chi connectivity index (χ1n) is 29.9. The molecule has 0 amide bonds. The summed E-state index contributed by atoms with van der Waals surface area (Å²) < 4.78 is 142. The van der Waals surface area contributed by atoms with E-state index in [1.54, 1.807) is 47.2 Å². The van der Waals surface area contributed by atoms with Crippen LogP contribution in [0.2, 0.25) is 0 Å². The molecule has 0 unspecified atom stereocenters. The fraction of sp³-hybridized carbons (Fsp3) is 0.0625. The van der Waals surface area contributed by atoms with Gasteiger partial charge in [0.15, 0.2) is 0 Å². The number of rotatable bonds is 8. The number of imidazole rings is 1. The zero-order valence-electron chi connectivity index (χ0n) is 52.3. The van der Waals surface area contributed by atoms with Crippen LogP contribution in [0, 0.1) is 3.80 Å². The Kier molecular flexibility index (Phi) is 7.25. The molecule has 344 valence electrons. The average Bonchev–Trinajstić information content (AvgIpc) is 1.74. The van der Waals surface area contributed by atoms with E-state index in [4.69, 9.17) is 23.4 Å². The third-order valence-corrected chi connectivity index (χ3v) is 13.9. The summed E-state index contributed by atoms with van der Waals surface area (Å²) in [5.41, 5.74) is 5.25. The van der Waals surface area contributed by atoms with Crippen molar-refractivity contribution >= 4 is 54.6 Å². The summed E-state index contributed by atoms with van der Waals surface area (Å²) >= 11 is 2.16. The van der Waals surface area contributed by atoms with E-state index in [1.165, 1.54) is 0 Å². The van der Waals surface area contributed by atoms with Gasteiger partial charge in [0.25, 0.3) is 0 Å². The first-order chi connectivity index (χ1) is 40.6. The van der Waals surface area contributed by atoms with Gasteiger partial charge in [0.05, 0.1) is 5.48 Å². The number of para-hydroxylation sites is 5. The van der Waals surface area contributed by atoms with Crippen molar-refractivity contribution in [3.05, 3.63) is 240 Å². The molecule has 0 radical (unpaired) electrons. The summed E-state index contributed by atoms with van der Waals surface area (Å²) in [5.74, 6) is 1.24. The third kappa shape index (κ3) is 7.20. The van der Waals surface area contributed by atoms with Gasteiger partial charge in [-0.25, -0.2) is 0 Å². The van der Waals surface area contributed by atoms with Crippen LogP contribution >= 0.6 is 0 Å². The Labute approximate surface area is 442 Å². The van der Waals surface area contributed by atoms with Gasteiger partial charge in [-0.15, -0.1) is 0 Å². The molecule has 0 bridgehead atoms. The first-order valence-corrected chi connectivity index (χ1v) is 24.0. The van der Waals surface area contributed by atoms with E-state index >= 15 is 0 Å². The molecule has 71 heavy (non-hydrogen) atoms. The molecule has 0 aliphatic rings. The molecule has 13 rings (SSSR count). The molecule has 9 aromatic carbocycles. The standard InChI is InChI=1S/C64H47N5O.Pt/c1-64(2,3)45-35-36-65-62(37-45)69-58-30-15-12-27-52(58)53-34-33-49(41-61(53)69)70-48-24-18-23-46(38-48)66-42-67(60-32-17-16-31-59(60)66)63-54(43-19-6-4-7-20-43)39-47(40-55(63)44-21-8-5-9-22-44)68-56-28-13-10-25-50(56)51-26-11-14-29-57(51)68;/h4-41H,1-3H3;/i4D,5D,6D,7D,8D,9D,12D,15D,19D,20D,21D,22D,27D,30D;. The molecule has 0 atom stereocenters. The molecule has 0 fully saturated rings. The predicted molar refractivity (Wildman–Crippen MR) is 288 cm³/mol. The van der Waals surface area contributed by atoms with Crippen LogP contribution < -0.4 is 4.74 Å². The quantitative estimate of drug-likeness (QED) is 0.152. The number of benzene rings is 9. The van der Waals surface area contributed by atoms with Crippen molar-refractivity contribution in [2.24, 2.45) is 0 Å². The van der Waals surface area contributed by atoms with E-state index in [0.29, 0.717) is 59.8 Å². The summed E-state index contributed by atoms with van der Waals surface area (Å²) in [6.45, 7) is 6.24. The molecule has 0 aliphatic heterocycles. The van der Waals surface area contributed by atoms with E-state index in [0.717, 1.165) is 27.4 Å². The molecular weight excluding hydrogens is 1050 g/mol. The molecule has 0 saturated carbocycles. The van der Waals surface area contributed by atoms with E-state index in [2.05, 4.69) is 40.1 Å². The van der Waals surface area contributed by atoms with Crippen LogP contribution in [0.15, 0.2) is 230 Å². The van der Waals surface area contributed by atoms with E-state index in [9.17, 15) is 5.48 Å². The van der Waals surface area contributed by atoms with Crippen LogP contribution in [-0.4, -0.2) is 23.3 Å². The van der Waals surface area contributed by atoms with Crippen molar-refractivity contribution in [1.29, 1.82) is 0 Å². The van der Waals surface area contributed by atoms with Gasteiger partial charge in [-0.1, -0.05) is 32.9 Å². The second kappa shape index (κ2) is 17.0. The van der Waals surface area contributed by atoms with E-state index in [1.807, 2.05) is 117 Å². The molecule has 7 heteroatoms. The Morgan fingerprint density at radius 2 is 1.03 bits per heavy atom. The Hall–Kier alpha value is -8.31. The zero-order chi connectivity index (χ0) is 60.0. The van der Waals surface area contributed by atoms with Crippen molar-refractivity contribution in [1.82, 2.24) is 23.3 Å². The van der Waals surface area contributed by atoms with Crippen LogP contribution in [0.25, 0.3) is 99.8 Å². The third-order valence-electron chi connectivity index (χ3n) is 12.9. The second-order valence-corrected chi connectivity index (χ2v) is 19.2. The maximum atomic E-state index is 9.56. The molecule has 0 spiro atoms. The summed E-state index contributed by atoms with van der Waals surface area (Å²) in [5, 5.41) is 2.70. The van der Waals surface area contributed by atoms with Crippen molar-refractivity contribution in [3.63, 3.8) is 0 Å². The Morgan fingerprint density at radius 1 is 0.451 bits per heavy atom. The van der Waals surface area contributed by atoms with Gasteiger partial charge in [-0.2, -0.15) is 0 Å². The fourth-order valence-electron chi connectivity index (χ4n) is 9.74. The van der Waals surface area contributed by atoms with Gasteiger partial charge in [-0.05, 0) is 17.0 Å². The molecule has 6 nitrogen and oxygen atoms in total. The molecule has 0 saturated heterocycles. The van der Waals surface area contributed by atoms with Gasteiger partial charge in [0.1, 0.15) is 0 Å². The normalized spacial score (nSPS) is 14.7. The number of nitrogens with zero attached hydrogens (tertiary/aromatic N) is 5. The fourth-order valence-corrected chi connectivity index (χ4v) is 10.8. The molecule has 4 aromatic heterocycles. The van der Waals surface area contributed by atoms with Crippen LogP contribution in [0.5, 0.6) is 11.5 Å². The van der Waals surface area contributed by atoms with Gasteiger partial charge < -0.3 is 0 Å². The average molecular weight is 1110 g/mol. The number of hydrogen-bond donors (Lipinski definition) is 0. The van der Waals surface area contributed by atoms with Crippen LogP contribution in [0.1, 0.15) is 45.5 Å². The zero-order valence-corrected chi connectivity index (χ0v) is 40.6. The van der Waals surface area contributed by atoms with Gasteiger partial charge in [0.2, 0.25) is 0 Å². The maximum absolute atomic E-state index is 9.56. The summed E-state index contributed by atoms with van der Waals surface area (Å²) in [6, 6.07) is 36.1. The Bertz CT molecular complexity index is 4930. The first kappa shape index (κ1) is 30.3. The summed E-state index contributed by atoms with van der Waals surface area (Å²) in [7, 11) is 0. The van der Waals surface area contributed by atoms with Gasteiger partial charge >= 0.3 is 382 Å². The number of fused-ring (bicyclic) bond motifs is 7. The molecule has 0 N–H and O–H groups in total. The molecule has 13 aromatic rings. The Morgan fingerprint density at radius 3 is 1.69 bits per heavy atom. The van der Waals surface area contributed by atoms with Crippen molar-refractivity contribution in [2.45, 2.75) is 26.2 Å². The van der Waals surface area contributed by atoms with Crippen molar-refractivity contribution in [3.8, 4) is 56.6 Å². The monoisotopic (exact) mass is 1110 g/mol. The minimum atomic E-state index is -0.606. The number of pyridine rings is 1. The summed E-state index contributed by atoms with van der Waals surface area (Å²) in [4.78, 5) is 4.73. The molecular formula is C64H47N5OPt. The molecule has 4 heterocycles. The van der Waals surface area contributed by atoms with Crippen LogP contribution in [0.3, 0.4) is 0 Å². The van der Waals surface area contributed by atoms with Crippen LogP contribution in [-0.2, 0) is 24.8 Å². The molecule has 0 aliphatic carbocycles. The van der Waals surface area contributed by atoms with Gasteiger partial charge in [-0.3, -0.25) is 0 Å². The SMILES string of the molecule is [2H]c1c([2H])c([2H])c(-c2cc(-n3c4ccccc4c4ccccc43)cc(-c3c([2H])c([2H])c([2H])c([2H])c3[2H])c2-n2[c](=[Pt])n(-c3cccc(Oc4ccc5c6c([2H])c([2H])c([2H])c([2H])c6n(-c6cc(C(C)(C)C)ccn6)c5c4)c3)c3ccccc32)c([2H])c1[2H]. The van der Waals surface area contributed by atoms with Crippen LogP contribution in [0.4, 0.5) is 0 Å². The number of aromatic nitrogens is 5. The Balaban J connectivity index is 1.07. The van der Waals surface area contributed by atoms with Gasteiger partial charge in [0, 0.05) is 6.20 Å².